The maximum atomic E-state index is 6.07. The van der Waals surface area contributed by atoms with Crippen LogP contribution in [0.5, 0.6) is 0 Å². The van der Waals surface area contributed by atoms with Gasteiger partial charge in [0, 0.05) is 6.61 Å². The van der Waals surface area contributed by atoms with Gasteiger partial charge in [0.25, 0.3) is 0 Å². The normalized spacial score (nSPS) is 31.2. The molecule has 1 fully saturated rings. The predicted molar refractivity (Wildman–Crippen MR) is 60.8 cm³/mol. The summed E-state index contributed by atoms with van der Waals surface area (Å²) in [5.74, 6) is 0. The summed E-state index contributed by atoms with van der Waals surface area (Å²) in [5, 5.41) is 0. The number of rotatable bonds is 0. The average molecular weight is 218 g/mol. The fraction of sp³-hybridized carbons (Fsp3) is 1.00. The van der Waals surface area contributed by atoms with Crippen molar-refractivity contribution >= 4 is 17.6 Å². The van der Waals surface area contributed by atoms with E-state index in [1.165, 1.54) is 31.7 Å². The van der Waals surface area contributed by atoms with E-state index >= 15 is 0 Å². The molecular formula is C9H22O2Si2. The number of hydrogen-bond donors (Lipinski definition) is 0. The first-order chi connectivity index (χ1) is 6.10. The van der Waals surface area contributed by atoms with Crippen LogP contribution in [0.2, 0.25) is 25.7 Å². The monoisotopic (exact) mass is 218 g/mol. The standard InChI is InChI=1S/C9H22O2Si2/c1-12-10-8-6-4-5-7-9-13(2,3)11-12/h12H,4-9H2,1-3H3. The molecule has 0 aromatic rings. The van der Waals surface area contributed by atoms with Crippen LogP contribution in [0.3, 0.4) is 0 Å². The van der Waals surface area contributed by atoms with Crippen molar-refractivity contribution in [2.75, 3.05) is 6.61 Å². The molecule has 0 N–H and O–H groups in total. The lowest BCUT2D eigenvalue weighted by atomic mass is 10.2. The van der Waals surface area contributed by atoms with Crippen LogP contribution in [0.25, 0.3) is 0 Å². The van der Waals surface area contributed by atoms with E-state index < -0.39 is 17.6 Å². The molecule has 0 aliphatic carbocycles. The molecule has 0 radical (unpaired) electrons. The summed E-state index contributed by atoms with van der Waals surface area (Å²) in [6.07, 6.45) is 5.29. The highest BCUT2D eigenvalue weighted by Crippen LogP contribution is 2.19. The van der Waals surface area contributed by atoms with Gasteiger partial charge in [-0.3, -0.25) is 0 Å². The molecule has 0 aromatic carbocycles. The minimum Gasteiger partial charge on any atom is -0.438 e. The molecule has 1 rings (SSSR count). The molecule has 1 atom stereocenters. The zero-order chi connectivity index (χ0) is 9.73. The minimum absolute atomic E-state index is 0.928. The molecule has 0 amide bonds. The number of hydrogen-bond acceptors (Lipinski definition) is 2. The van der Waals surface area contributed by atoms with Crippen molar-refractivity contribution in [2.45, 2.75) is 51.4 Å². The van der Waals surface area contributed by atoms with Crippen LogP contribution in [0.4, 0.5) is 0 Å². The lowest BCUT2D eigenvalue weighted by molar-refractivity contribution is 0.256. The van der Waals surface area contributed by atoms with Crippen molar-refractivity contribution in [1.29, 1.82) is 0 Å². The van der Waals surface area contributed by atoms with Crippen molar-refractivity contribution < 1.29 is 8.54 Å². The average Bonchev–Trinajstić information content (AvgIpc) is 2.01. The molecule has 78 valence electrons. The highest BCUT2D eigenvalue weighted by molar-refractivity contribution is 6.76. The summed E-state index contributed by atoms with van der Waals surface area (Å²) in [6.45, 7) is 7.73. The summed E-state index contributed by atoms with van der Waals surface area (Å²) < 4.78 is 11.8. The van der Waals surface area contributed by atoms with Crippen LogP contribution in [-0.4, -0.2) is 24.2 Å². The first-order valence-electron chi connectivity index (χ1n) is 5.40. The van der Waals surface area contributed by atoms with E-state index in [0.717, 1.165) is 6.61 Å². The van der Waals surface area contributed by atoms with Gasteiger partial charge < -0.3 is 8.54 Å². The van der Waals surface area contributed by atoms with Crippen molar-refractivity contribution in [3.63, 3.8) is 0 Å². The molecule has 0 aromatic heterocycles. The topological polar surface area (TPSA) is 18.5 Å². The van der Waals surface area contributed by atoms with Crippen molar-refractivity contribution in [3.8, 4) is 0 Å². The van der Waals surface area contributed by atoms with Gasteiger partial charge in [0.1, 0.15) is 0 Å². The quantitative estimate of drug-likeness (QED) is 0.582. The van der Waals surface area contributed by atoms with Gasteiger partial charge in [0.05, 0.1) is 0 Å². The van der Waals surface area contributed by atoms with E-state index in [2.05, 4.69) is 19.6 Å². The Morgan fingerprint density at radius 1 is 1.08 bits per heavy atom. The second-order valence-corrected chi connectivity index (χ2v) is 10.9. The third kappa shape index (κ3) is 4.95. The predicted octanol–water partition coefficient (Wildman–Crippen LogP) is 2.65. The molecule has 1 saturated heterocycles. The Bertz CT molecular complexity index is 151. The van der Waals surface area contributed by atoms with E-state index in [1.54, 1.807) is 0 Å². The van der Waals surface area contributed by atoms with E-state index in [4.69, 9.17) is 8.54 Å². The second-order valence-electron chi connectivity index (χ2n) is 4.48. The summed E-state index contributed by atoms with van der Waals surface area (Å²) in [6, 6.07) is 1.31. The Balaban J connectivity index is 2.40. The van der Waals surface area contributed by atoms with Crippen LogP contribution >= 0.6 is 0 Å². The zero-order valence-corrected chi connectivity index (χ0v) is 11.3. The Labute approximate surface area is 84.6 Å². The highest BCUT2D eigenvalue weighted by Gasteiger charge is 2.25. The Morgan fingerprint density at radius 2 is 1.77 bits per heavy atom. The molecule has 1 aliphatic heterocycles. The largest absolute Gasteiger partial charge is 0.438 e. The van der Waals surface area contributed by atoms with E-state index in [0.29, 0.717) is 0 Å². The molecule has 0 bridgehead atoms. The zero-order valence-electron chi connectivity index (χ0n) is 9.14. The smallest absolute Gasteiger partial charge is 0.307 e. The minimum atomic E-state index is -1.35. The van der Waals surface area contributed by atoms with Gasteiger partial charge in [-0.2, -0.15) is 0 Å². The maximum Gasteiger partial charge on any atom is 0.307 e. The van der Waals surface area contributed by atoms with Gasteiger partial charge in [-0.25, -0.2) is 0 Å². The first kappa shape index (κ1) is 11.4. The fourth-order valence-electron chi connectivity index (χ4n) is 1.80. The molecule has 4 heteroatoms. The second kappa shape index (κ2) is 5.29. The van der Waals surface area contributed by atoms with Crippen molar-refractivity contribution in [2.24, 2.45) is 0 Å². The third-order valence-corrected chi connectivity index (χ3v) is 8.65. The van der Waals surface area contributed by atoms with E-state index in [9.17, 15) is 0 Å². The molecular weight excluding hydrogens is 196 g/mol. The molecule has 2 nitrogen and oxygen atoms in total. The molecule has 0 spiro atoms. The van der Waals surface area contributed by atoms with Gasteiger partial charge in [-0.15, -0.1) is 0 Å². The van der Waals surface area contributed by atoms with Crippen LogP contribution < -0.4 is 0 Å². The SMILES string of the molecule is C[SiH]1OCCCCCC[Si](C)(C)O1. The molecule has 1 unspecified atom stereocenters. The van der Waals surface area contributed by atoms with Gasteiger partial charge in [-0.05, 0) is 32.1 Å². The van der Waals surface area contributed by atoms with Crippen molar-refractivity contribution in [3.05, 3.63) is 0 Å². The highest BCUT2D eigenvalue weighted by atomic mass is 28.4. The van der Waals surface area contributed by atoms with Crippen LogP contribution in [0.1, 0.15) is 25.7 Å². The first-order valence-corrected chi connectivity index (χ1v) is 10.6. The van der Waals surface area contributed by atoms with Crippen LogP contribution in [0.15, 0.2) is 0 Å². The Hall–Kier alpha value is 0.354. The summed E-state index contributed by atoms with van der Waals surface area (Å²) in [7, 11) is -2.63. The lowest BCUT2D eigenvalue weighted by Crippen LogP contribution is -2.38. The molecule has 13 heavy (non-hydrogen) atoms. The van der Waals surface area contributed by atoms with Crippen LogP contribution in [-0.2, 0) is 8.54 Å². The van der Waals surface area contributed by atoms with Gasteiger partial charge >= 0.3 is 9.28 Å². The van der Waals surface area contributed by atoms with Crippen LogP contribution in [0, 0.1) is 0 Å². The van der Waals surface area contributed by atoms with E-state index in [1.807, 2.05) is 0 Å². The summed E-state index contributed by atoms with van der Waals surface area (Å²) in [4.78, 5) is 0. The summed E-state index contributed by atoms with van der Waals surface area (Å²) in [5.41, 5.74) is 0. The lowest BCUT2D eigenvalue weighted by Gasteiger charge is -2.28. The van der Waals surface area contributed by atoms with Gasteiger partial charge in [0.15, 0.2) is 8.32 Å². The molecule has 1 aliphatic rings. The molecule has 1 heterocycles. The van der Waals surface area contributed by atoms with Crippen molar-refractivity contribution in [1.82, 2.24) is 0 Å². The summed E-state index contributed by atoms with van der Waals surface area (Å²) >= 11 is 0. The maximum absolute atomic E-state index is 6.07. The third-order valence-electron chi connectivity index (χ3n) is 2.51. The van der Waals surface area contributed by atoms with Gasteiger partial charge in [0.2, 0.25) is 0 Å². The van der Waals surface area contributed by atoms with Gasteiger partial charge in [-0.1, -0.05) is 19.3 Å². The molecule has 0 saturated carbocycles. The fourth-order valence-corrected chi connectivity index (χ4v) is 7.74. The van der Waals surface area contributed by atoms with E-state index in [-0.39, 0.29) is 0 Å². The Morgan fingerprint density at radius 3 is 2.54 bits per heavy atom. The Kier molecular flexibility index (Phi) is 4.65.